The van der Waals surface area contributed by atoms with Gasteiger partial charge in [0.15, 0.2) is 0 Å². The van der Waals surface area contributed by atoms with E-state index in [-0.39, 0.29) is 5.92 Å². The minimum absolute atomic E-state index is 0.233. The summed E-state index contributed by atoms with van der Waals surface area (Å²) in [6.45, 7) is 1.37. The van der Waals surface area contributed by atoms with Crippen molar-refractivity contribution in [2.45, 2.75) is 6.42 Å². The number of nitrogens with zero attached hydrogens (tertiary/aromatic N) is 2. The first-order valence-electron chi connectivity index (χ1n) is 4.24. The molecule has 1 aliphatic heterocycles. The first-order chi connectivity index (χ1) is 6.27. The number of rotatable bonds is 2. The molecule has 1 saturated heterocycles. The lowest BCUT2D eigenvalue weighted by Crippen LogP contribution is -2.22. The molecule has 1 atom stereocenters. The summed E-state index contributed by atoms with van der Waals surface area (Å²) in [6.07, 6.45) is 2.39. The molecule has 0 bridgehead atoms. The third kappa shape index (κ3) is 1.49. The lowest BCUT2D eigenvalue weighted by molar-refractivity contribution is -0.140. The van der Waals surface area contributed by atoms with Gasteiger partial charge in [-0.15, -0.1) is 0 Å². The highest BCUT2D eigenvalue weighted by Gasteiger charge is 2.28. The van der Waals surface area contributed by atoms with Crippen LogP contribution in [0.4, 0.5) is 5.82 Å². The topological polar surface area (TPSA) is 69.2 Å². The summed E-state index contributed by atoms with van der Waals surface area (Å²) in [6, 6.07) is 1.85. The number of carboxylic acids is 1. The standard InChI is InChI=1S/C8H11N3O2/c12-8(13)6-2-4-11(5-6)7-1-3-9-10-7/h1,3,6H,2,4-5H2,(H,9,10)(H,12,13). The molecule has 1 aromatic rings. The van der Waals surface area contributed by atoms with E-state index >= 15 is 0 Å². The lowest BCUT2D eigenvalue weighted by Gasteiger charge is -2.14. The molecular weight excluding hydrogens is 170 g/mol. The Bertz CT molecular complexity index is 296. The first kappa shape index (κ1) is 8.10. The fourth-order valence-corrected chi connectivity index (χ4v) is 1.61. The van der Waals surface area contributed by atoms with Crippen molar-refractivity contribution in [3.05, 3.63) is 12.3 Å². The van der Waals surface area contributed by atoms with E-state index in [0.29, 0.717) is 13.0 Å². The molecule has 1 fully saturated rings. The highest BCUT2D eigenvalue weighted by Crippen LogP contribution is 2.21. The molecule has 70 valence electrons. The van der Waals surface area contributed by atoms with Crippen molar-refractivity contribution in [3.63, 3.8) is 0 Å². The zero-order chi connectivity index (χ0) is 9.26. The number of nitrogens with one attached hydrogen (secondary N) is 1. The van der Waals surface area contributed by atoms with Crippen LogP contribution in [0.3, 0.4) is 0 Å². The zero-order valence-corrected chi connectivity index (χ0v) is 7.10. The van der Waals surface area contributed by atoms with Gasteiger partial charge in [-0.2, -0.15) is 5.10 Å². The van der Waals surface area contributed by atoms with Gasteiger partial charge in [0.05, 0.1) is 12.1 Å². The molecule has 5 nitrogen and oxygen atoms in total. The van der Waals surface area contributed by atoms with Gasteiger partial charge in [0, 0.05) is 19.2 Å². The summed E-state index contributed by atoms with van der Waals surface area (Å²) >= 11 is 0. The molecule has 0 aliphatic carbocycles. The molecular formula is C8H11N3O2. The first-order valence-corrected chi connectivity index (χ1v) is 4.24. The minimum atomic E-state index is -0.706. The quantitative estimate of drug-likeness (QED) is 0.689. The molecule has 0 spiro atoms. The summed E-state index contributed by atoms with van der Waals surface area (Å²) in [4.78, 5) is 12.7. The van der Waals surface area contributed by atoms with Crippen molar-refractivity contribution in [1.82, 2.24) is 10.2 Å². The van der Waals surface area contributed by atoms with E-state index in [1.807, 2.05) is 11.0 Å². The fourth-order valence-electron chi connectivity index (χ4n) is 1.61. The van der Waals surface area contributed by atoms with E-state index in [9.17, 15) is 4.79 Å². The van der Waals surface area contributed by atoms with Crippen LogP contribution < -0.4 is 4.90 Å². The summed E-state index contributed by atoms with van der Waals surface area (Å²) in [5.74, 6) is -0.0333. The van der Waals surface area contributed by atoms with E-state index in [1.165, 1.54) is 0 Å². The van der Waals surface area contributed by atoms with Gasteiger partial charge >= 0.3 is 5.97 Å². The largest absolute Gasteiger partial charge is 0.481 e. The number of carboxylic acid groups (broad SMARTS) is 1. The Morgan fingerprint density at radius 2 is 2.62 bits per heavy atom. The second-order valence-corrected chi connectivity index (χ2v) is 3.21. The number of anilines is 1. The van der Waals surface area contributed by atoms with Crippen molar-refractivity contribution < 1.29 is 9.90 Å². The average molecular weight is 181 g/mol. The molecule has 1 aromatic heterocycles. The molecule has 1 unspecified atom stereocenters. The monoisotopic (exact) mass is 181 g/mol. The van der Waals surface area contributed by atoms with Gasteiger partial charge in [0.2, 0.25) is 0 Å². The summed E-state index contributed by atoms with van der Waals surface area (Å²) < 4.78 is 0. The van der Waals surface area contributed by atoms with Crippen LogP contribution in [0.15, 0.2) is 12.3 Å². The van der Waals surface area contributed by atoms with Crippen LogP contribution in [0, 0.1) is 5.92 Å². The van der Waals surface area contributed by atoms with Crippen LogP contribution >= 0.6 is 0 Å². The van der Waals surface area contributed by atoms with E-state index in [4.69, 9.17) is 5.11 Å². The third-order valence-corrected chi connectivity index (χ3v) is 2.36. The van der Waals surface area contributed by atoms with Gasteiger partial charge in [-0.25, -0.2) is 0 Å². The maximum Gasteiger partial charge on any atom is 0.308 e. The van der Waals surface area contributed by atoms with E-state index in [2.05, 4.69) is 10.2 Å². The average Bonchev–Trinajstić information content (AvgIpc) is 2.75. The number of carbonyl (C=O) groups is 1. The van der Waals surface area contributed by atoms with Gasteiger partial charge in [-0.3, -0.25) is 9.89 Å². The molecule has 1 aliphatic rings. The van der Waals surface area contributed by atoms with Crippen molar-refractivity contribution in [1.29, 1.82) is 0 Å². The normalized spacial score (nSPS) is 22.2. The van der Waals surface area contributed by atoms with Crippen LogP contribution in [0.25, 0.3) is 0 Å². The van der Waals surface area contributed by atoms with Gasteiger partial charge in [-0.05, 0) is 6.42 Å². The van der Waals surface area contributed by atoms with E-state index in [1.54, 1.807) is 6.20 Å². The summed E-state index contributed by atoms with van der Waals surface area (Å²) in [7, 11) is 0. The van der Waals surface area contributed by atoms with Crippen molar-refractivity contribution in [2.75, 3.05) is 18.0 Å². The zero-order valence-electron chi connectivity index (χ0n) is 7.10. The van der Waals surface area contributed by atoms with E-state index < -0.39 is 5.97 Å². The molecule has 2 N–H and O–H groups in total. The molecule has 0 saturated carbocycles. The maximum absolute atomic E-state index is 10.7. The predicted octanol–water partition coefficient (Wildman–Crippen LogP) is 0.321. The molecule has 0 radical (unpaired) electrons. The Balaban J connectivity index is 2.03. The molecule has 0 aromatic carbocycles. The molecule has 13 heavy (non-hydrogen) atoms. The van der Waals surface area contributed by atoms with Crippen LogP contribution in [-0.2, 0) is 4.79 Å². The number of aromatic nitrogens is 2. The minimum Gasteiger partial charge on any atom is -0.481 e. The smallest absolute Gasteiger partial charge is 0.308 e. The number of hydrogen-bond acceptors (Lipinski definition) is 3. The number of aliphatic carboxylic acids is 1. The van der Waals surface area contributed by atoms with Crippen LogP contribution in [0.2, 0.25) is 0 Å². The summed E-state index contributed by atoms with van der Waals surface area (Å²) in [5, 5.41) is 15.4. The predicted molar refractivity (Wildman–Crippen MR) is 46.5 cm³/mol. The van der Waals surface area contributed by atoms with Crippen LogP contribution in [0.1, 0.15) is 6.42 Å². The van der Waals surface area contributed by atoms with Gasteiger partial charge in [0.25, 0.3) is 0 Å². The molecule has 5 heteroatoms. The van der Waals surface area contributed by atoms with Crippen molar-refractivity contribution >= 4 is 11.8 Å². The molecule has 2 heterocycles. The maximum atomic E-state index is 10.7. The highest BCUT2D eigenvalue weighted by molar-refractivity contribution is 5.71. The second-order valence-electron chi connectivity index (χ2n) is 3.21. The Morgan fingerprint density at radius 1 is 1.77 bits per heavy atom. The SMILES string of the molecule is O=C(O)C1CCN(c2ccn[nH]2)C1. The Kier molecular flexibility index (Phi) is 1.92. The van der Waals surface area contributed by atoms with Crippen molar-refractivity contribution in [3.8, 4) is 0 Å². The third-order valence-electron chi connectivity index (χ3n) is 2.36. The van der Waals surface area contributed by atoms with Gasteiger partial charge in [0.1, 0.15) is 5.82 Å². The lowest BCUT2D eigenvalue weighted by atomic mass is 10.1. The Labute approximate surface area is 75.4 Å². The molecule has 2 rings (SSSR count). The second kappa shape index (κ2) is 3.08. The fraction of sp³-hybridized carbons (Fsp3) is 0.500. The summed E-state index contributed by atoms with van der Waals surface area (Å²) in [5.41, 5.74) is 0. The van der Waals surface area contributed by atoms with Gasteiger partial charge in [-0.1, -0.05) is 0 Å². The van der Waals surface area contributed by atoms with Crippen LogP contribution in [-0.4, -0.2) is 34.4 Å². The van der Waals surface area contributed by atoms with Crippen molar-refractivity contribution in [2.24, 2.45) is 5.92 Å². The Hall–Kier alpha value is -1.52. The van der Waals surface area contributed by atoms with Crippen LogP contribution in [0.5, 0.6) is 0 Å². The Morgan fingerprint density at radius 3 is 3.15 bits per heavy atom. The van der Waals surface area contributed by atoms with Gasteiger partial charge < -0.3 is 10.0 Å². The number of hydrogen-bond donors (Lipinski definition) is 2. The number of aromatic amines is 1. The highest BCUT2D eigenvalue weighted by atomic mass is 16.4. The molecule has 0 amide bonds. The number of H-pyrrole nitrogens is 1. The van der Waals surface area contributed by atoms with E-state index in [0.717, 1.165) is 12.4 Å².